The van der Waals surface area contributed by atoms with Crippen LogP contribution in [0.4, 0.5) is 0 Å². The van der Waals surface area contributed by atoms with Gasteiger partial charge >= 0.3 is 0 Å². The summed E-state index contributed by atoms with van der Waals surface area (Å²) in [6.07, 6.45) is 1.04. The van der Waals surface area contributed by atoms with Crippen LogP contribution in [0.1, 0.15) is 10.4 Å². The minimum atomic E-state index is 1.04. The van der Waals surface area contributed by atoms with Crippen molar-refractivity contribution in [2.24, 2.45) is 0 Å². The Morgan fingerprint density at radius 1 is 1.00 bits per heavy atom. The molecule has 2 aromatic heterocycles. The van der Waals surface area contributed by atoms with Crippen molar-refractivity contribution in [3.8, 4) is 5.69 Å². The second-order valence-corrected chi connectivity index (χ2v) is 7.72. The summed E-state index contributed by atoms with van der Waals surface area (Å²) >= 11 is 5.49. The number of hydrogen-bond donors (Lipinski definition) is 0. The van der Waals surface area contributed by atoms with Gasteiger partial charge in [-0.25, -0.2) is 0 Å². The molecule has 3 heteroatoms. The van der Waals surface area contributed by atoms with Gasteiger partial charge in [-0.3, -0.25) is 0 Å². The lowest BCUT2D eigenvalue weighted by Crippen LogP contribution is -2.04. The highest BCUT2D eigenvalue weighted by atomic mass is 79.9. The van der Waals surface area contributed by atoms with Crippen molar-refractivity contribution in [2.75, 3.05) is 0 Å². The Labute approximate surface area is 128 Å². The van der Waals surface area contributed by atoms with Crippen LogP contribution in [-0.4, -0.2) is 4.57 Å². The molecule has 96 valence electrons. The molecule has 0 aliphatic carbocycles. The van der Waals surface area contributed by atoms with E-state index >= 15 is 0 Å². The third-order valence-electron chi connectivity index (χ3n) is 4.13. The van der Waals surface area contributed by atoms with Gasteiger partial charge in [0.05, 0.1) is 20.5 Å². The minimum Gasteiger partial charge on any atom is -0.308 e. The summed E-state index contributed by atoms with van der Waals surface area (Å²) in [6, 6.07) is 17.6. The predicted molar refractivity (Wildman–Crippen MR) is 89.2 cm³/mol. The van der Waals surface area contributed by atoms with Crippen molar-refractivity contribution in [3.05, 3.63) is 62.8 Å². The Kier molecular flexibility index (Phi) is 2.08. The second-order valence-electron chi connectivity index (χ2n) is 5.20. The Bertz CT molecular complexity index is 993. The van der Waals surface area contributed by atoms with Crippen molar-refractivity contribution >= 4 is 49.1 Å². The molecule has 2 aromatic carbocycles. The van der Waals surface area contributed by atoms with Crippen molar-refractivity contribution in [2.45, 2.75) is 6.42 Å². The summed E-state index contributed by atoms with van der Waals surface area (Å²) in [6.45, 7) is 0. The molecule has 0 radical (unpaired) electrons. The van der Waals surface area contributed by atoms with E-state index in [4.69, 9.17) is 0 Å². The first-order valence-corrected chi connectivity index (χ1v) is 8.23. The highest BCUT2D eigenvalue weighted by Crippen LogP contribution is 2.42. The van der Waals surface area contributed by atoms with Crippen LogP contribution in [0.5, 0.6) is 0 Å². The first-order valence-electron chi connectivity index (χ1n) is 6.62. The number of hydrogen-bond acceptors (Lipinski definition) is 1. The van der Waals surface area contributed by atoms with E-state index in [1.165, 1.54) is 41.7 Å². The van der Waals surface area contributed by atoms with E-state index < -0.39 is 0 Å². The molecule has 5 rings (SSSR count). The molecular formula is C17H10BrNS. The van der Waals surface area contributed by atoms with E-state index in [0.29, 0.717) is 0 Å². The average Bonchev–Trinajstić information content (AvgIpc) is 2.99. The standard InChI is InChI=1S/C17H10BrNS/c18-16-9-14-15(20-16)8-10-4-3-6-12-11-5-1-2-7-13(11)19(14)17(10)12/h1-7,9H,8H2. The van der Waals surface area contributed by atoms with Crippen LogP contribution in [0.25, 0.3) is 27.5 Å². The van der Waals surface area contributed by atoms with Gasteiger partial charge in [0.15, 0.2) is 0 Å². The number of rotatable bonds is 0. The minimum absolute atomic E-state index is 1.04. The number of aromatic nitrogens is 1. The number of nitrogens with zero attached hydrogens (tertiary/aromatic N) is 1. The van der Waals surface area contributed by atoms with Crippen molar-refractivity contribution in [3.63, 3.8) is 0 Å². The van der Waals surface area contributed by atoms with E-state index in [2.05, 4.69) is 69.0 Å². The van der Waals surface area contributed by atoms with Crippen molar-refractivity contribution < 1.29 is 0 Å². The molecule has 1 aliphatic heterocycles. The van der Waals surface area contributed by atoms with Crippen molar-refractivity contribution in [1.82, 2.24) is 4.57 Å². The maximum absolute atomic E-state index is 3.64. The van der Waals surface area contributed by atoms with Gasteiger partial charge in [-0.15, -0.1) is 11.3 Å². The van der Waals surface area contributed by atoms with E-state index in [9.17, 15) is 0 Å². The lowest BCUT2D eigenvalue weighted by atomic mass is 10.0. The monoisotopic (exact) mass is 339 g/mol. The predicted octanol–water partition coefficient (Wildman–Crippen LogP) is 5.51. The molecule has 0 spiro atoms. The summed E-state index contributed by atoms with van der Waals surface area (Å²) in [5.74, 6) is 0. The lowest BCUT2D eigenvalue weighted by molar-refractivity contribution is 1.08. The normalized spacial score (nSPS) is 13.1. The summed E-state index contributed by atoms with van der Waals surface area (Å²) in [5, 5.41) is 2.71. The second kappa shape index (κ2) is 3.74. The van der Waals surface area contributed by atoms with Crippen LogP contribution < -0.4 is 0 Å². The molecule has 0 atom stereocenters. The number of para-hydroxylation sites is 2. The van der Waals surface area contributed by atoms with Gasteiger partial charge < -0.3 is 4.57 Å². The molecule has 1 aliphatic rings. The van der Waals surface area contributed by atoms with Crippen LogP contribution in [-0.2, 0) is 6.42 Å². The quantitative estimate of drug-likeness (QED) is 0.350. The van der Waals surface area contributed by atoms with Crippen LogP contribution >= 0.6 is 27.3 Å². The SMILES string of the molecule is Brc1cc2c(s1)Cc1cccc3c4ccccc4n-2c13. The summed E-state index contributed by atoms with van der Waals surface area (Å²) in [4.78, 5) is 1.44. The van der Waals surface area contributed by atoms with E-state index in [-0.39, 0.29) is 0 Å². The number of fused-ring (bicyclic) bond motifs is 5. The molecule has 0 saturated carbocycles. The van der Waals surface area contributed by atoms with Gasteiger partial charge in [-0.05, 0) is 33.6 Å². The van der Waals surface area contributed by atoms with Gasteiger partial charge in [0.1, 0.15) is 0 Å². The van der Waals surface area contributed by atoms with Gasteiger partial charge in [-0.2, -0.15) is 0 Å². The molecular weight excluding hydrogens is 330 g/mol. The smallest absolute Gasteiger partial charge is 0.0723 e. The third-order valence-corrected chi connectivity index (χ3v) is 5.75. The Morgan fingerprint density at radius 2 is 1.85 bits per heavy atom. The fourth-order valence-corrected chi connectivity index (χ4v) is 5.05. The molecule has 1 nitrogen and oxygen atoms in total. The lowest BCUT2D eigenvalue weighted by Gasteiger charge is -2.16. The summed E-state index contributed by atoms with van der Waals surface area (Å²) < 4.78 is 3.64. The van der Waals surface area contributed by atoms with Crippen LogP contribution in [0, 0.1) is 0 Å². The van der Waals surface area contributed by atoms with Crippen LogP contribution in [0.3, 0.4) is 0 Å². The Morgan fingerprint density at radius 3 is 2.80 bits per heavy atom. The number of halogens is 1. The van der Waals surface area contributed by atoms with Crippen LogP contribution in [0.15, 0.2) is 52.3 Å². The number of thiophene rings is 1. The van der Waals surface area contributed by atoms with Crippen LogP contribution in [0.2, 0.25) is 0 Å². The van der Waals surface area contributed by atoms with E-state index in [0.717, 1.165) is 6.42 Å². The number of benzene rings is 2. The van der Waals surface area contributed by atoms with E-state index in [1.54, 1.807) is 0 Å². The summed E-state index contributed by atoms with van der Waals surface area (Å²) in [5.41, 5.74) is 5.46. The molecule has 0 unspecified atom stereocenters. The maximum atomic E-state index is 3.64. The average molecular weight is 340 g/mol. The molecule has 0 bridgehead atoms. The largest absolute Gasteiger partial charge is 0.308 e. The summed E-state index contributed by atoms with van der Waals surface area (Å²) in [7, 11) is 0. The molecule has 0 amide bonds. The molecule has 0 N–H and O–H groups in total. The van der Waals surface area contributed by atoms with Gasteiger partial charge in [0.25, 0.3) is 0 Å². The first kappa shape index (κ1) is 11.1. The van der Waals surface area contributed by atoms with Crippen molar-refractivity contribution in [1.29, 1.82) is 0 Å². The molecule has 20 heavy (non-hydrogen) atoms. The highest BCUT2D eigenvalue weighted by Gasteiger charge is 2.23. The zero-order valence-electron chi connectivity index (χ0n) is 10.6. The Hall–Kier alpha value is -1.58. The molecule has 4 aromatic rings. The first-order chi connectivity index (χ1) is 9.83. The third kappa shape index (κ3) is 1.27. The Balaban J connectivity index is 2.11. The van der Waals surface area contributed by atoms with Gasteiger partial charge in [0, 0.05) is 22.1 Å². The highest BCUT2D eigenvalue weighted by molar-refractivity contribution is 9.11. The maximum Gasteiger partial charge on any atom is 0.0723 e. The molecule has 3 heterocycles. The topological polar surface area (TPSA) is 4.93 Å². The van der Waals surface area contributed by atoms with Gasteiger partial charge in [-0.1, -0.05) is 36.4 Å². The fraction of sp³-hybridized carbons (Fsp3) is 0.0588. The molecule has 0 fully saturated rings. The fourth-order valence-electron chi connectivity index (χ4n) is 3.36. The van der Waals surface area contributed by atoms with E-state index in [1.807, 2.05) is 11.3 Å². The van der Waals surface area contributed by atoms with Gasteiger partial charge in [0.2, 0.25) is 0 Å². The zero-order valence-corrected chi connectivity index (χ0v) is 13.0. The zero-order chi connectivity index (χ0) is 13.3. The molecule has 0 saturated heterocycles.